The molecule has 0 aromatic heterocycles. The topological polar surface area (TPSA) is 237 Å². The number of ether oxygens (including phenoxy) is 4. The van der Waals surface area contributed by atoms with Crippen molar-refractivity contribution >= 4 is 39.5 Å². The number of carbonyl (C=O) groups excluding carboxylic acids is 4. The van der Waals surface area contributed by atoms with Crippen molar-refractivity contribution < 1.29 is 80.2 Å². The van der Waals surface area contributed by atoms with E-state index < -0.39 is 97.5 Å². The summed E-state index contributed by atoms with van der Waals surface area (Å²) < 4.78 is 68.7. The van der Waals surface area contributed by atoms with E-state index in [1.807, 2.05) is 0 Å². The highest BCUT2D eigenvalue weighted by Crippen LogP contribution is 2.45. The van der Waals surface area contributed by atoms with Crippen LogP contribution in [0.1, 0.15) is 427 Å². The number of rotatable bonds is 80. The SMILES string of the molecule is CCCCCCCCCCCCCCCCCCCCCC(=O)OC[C@H](COP(=O)(O)OC[C@@H](O)COP(=O)(O)OC[C@@H](COC(=O)CCCCCCCCC(C)C)OC(=O)CCCCCCCCCCC(C)CC)OC(=O)CCCCCCCCCCCCCCCCCCCCC(C)C. The molecule has 0 amide bonds. The second-order valence-corrected chi connectivity index (χ2v) is 33.6. The van der Waals surface area contributed by atoms with Gasteiger partial charge in [0.1, 0.15) is 19.3 Å². The molecule has 3 unspecified atom stereocenters. The largest absolute Gasteiger partial charge is 0.472 e. The summed E-state index contributed by atoms with van der Waals surface area (Å²) in [6.07, 6.45) is 61.4. The summed E-state index contributed by atoms with van der Waals surface area (Å²) in [5.74, 6) is 0.154. The zero-order chi connectivity index (χ0) is 74.4. The third-order valence-corrected chi connectivity index (χ3v) is 21.4. The Kier molecular flexibility index (Phi) is 70.9. The van der Waals surface area contributed by atoms with Crippen molar-refractivity contribution in [2.45, 2.75) is 446 Å². The summed E-state index contributed by atoms with van der Waals surface area (Å²) in [4.78, 5) is 73.0. The molecule has 0 radical (unpaired) electrons. The van der Waals surface area contributed by atoms with Crippen LogP contribution in [-0.4, -0.2) is 96.7 Å². The van der Waals surface area contributed by atoms with Gasteiger partial charge in [-0.05, 0) is 43.4 Å². The minimum Gasteiger partial charge on any atom is -0.462 e. The molecule has 19 heteroatoms. The number of phosphoric ester groups is 2. The summed E-state index contributed by atoms with van der Waals surface area (Å²) in [5, 5.41) is 10.6. The quantitative estimate of drug-likeness (QED) is 0.0222. The van der Waals surface area contributed by atoms with Crippen LogP contribution >= 0.6 is 15.6 Å². The molecule has 0 rings (SSSR count). The number of aliphatic hydroxyl groups is 1. The number of hydrogen-bond donors (Lipinski definition) is 3. The van der Waals surface area contributed by atoms with Gasteiger partial charge in [0.2, 0.25) is 0 Å². The molecule has 0 fully saturated rings. The van der Waals surface area contributed by atoms with E-state index in [9.17, 15) is 43.2 Å². The molecule has 101 heavy (non-hydrogen) atoms. The molecule has 3 N–H and O–H groups in total. The third kappa shape index (κ3) is 74.7. The van der Waals surface area contributed by atoms with Gasteiger partial charge in [-0.1, -0.05) is 376 Å². The van der Waals surface area contributed by atoms with Crippen LogP contribution in [0.3, 0.4) is 0 Å². The van der Waals surface area contributed by atoms with Crippen LogP contribution in [0.15, 0.2) is 0 Å². The molecule has 600 valence electrons. The maximum atomic E-state index is 13.1. The minimum atomic E-state index is -4.96. The zero-order valence-corrected chi connectivity index (χ0v) is 68.2. The van der Waals surface area contributed by atoms with Gasteiger partial charge in [-0.3, -0.25) is 37.3 Å². The number of hydrogen-bond acceptors (Lipinski definition) is 15. The zero-order valence-electron chi connectivity index (χ0n) is 66.4. The normalized spacial score (nSPS) is 14.2. The van der Waals surface area contributed by atoms with Gasteiger partial charge in [-0.25, -0.2) is 9.13 Å². The van der Waals surface area contributed by atoms with Crippen molar-refractivity contribution in [2.24, 2.45) is 17.8 Å². The summed E-state index contributed by atoms with van der Waals surface area (Å²) >= 11 is 0. The van der Waals surface area contributed by atoms with Crippen LogP contribution in [0.5, 0.6) is 0 Å². The van der Waals surface area contributed by atoms with Crippen molar-refractivity contribution in [2.75, 3.05) is 39.6 Å². The number of unbranched alkanes of at least 4 members (excludes halogenated alkanes) is 47. The Morgan fingerprint density at radius 1 is 0.287 bits per heavy atom. The highest BCUT2D eigenvalue weighted by atomic mass is 31.2. The van der Waals surface area contributed by atoms with E-state index in [-0.39, 0.29) is 25.7 Å². The molecule has 0 bridgehead atoms. The maximum absolute atomic E-state index is 13.1. The van der Waals surface area contributed by atoms with E-state index in [2.05, 4.69) is 48.5 Å². The average molecular weight is 1480 g/mol. The Hall–Kier alpha value is -1.94. The molecular weight excluding hydrogens is 1320 g/mol. The standard InChI is InChI=1S/C82H160O17P2/c1-8-10-11-12-13-14-15-16-17-18-19-23-26-29-32-35-41-49-56-63-79(84)92-69-77(98-81(86)65-58-51-42-36-33-30-27-24-21-20-22-25-28-31-34-39-46-53-60-73(3)4)71-96-100(88,89)94-67-76(83)68-95-101(90,91)97-72-78(70-93-80(85)64-57-50-45-44-47-54-61-74(5)6)99-82(87)66-59-52-43-38-37-40-48-55-62-75(7)9-2/h73-78,83H,8-72H2,1-7H3,(H,88,89)(H,90,91)/t75?,76-,77-,78-/m1/s1. The van der Waals surface area contributed by atoms with Crippen LogP contribution in [0, 0.1) is 17.8 Å². The van der Waals surface area contributed by atoms with E-state index in [4.69, 9.17) is 37.0 Å². The molecule has 0 heterocycles. The summed E-state index contributed by atoms with van der Waals surface area (Å²) in [6.45, 7) is 11.9. The van der Waals surface area contributed by atoms with Crippen LogP contribution in [0.25, 0.3) is 0 Å². The van der Waals surface area contributed by atoms with E-state index in [0.29, 0.717) is 31.6 Å². The van der Waals surface area contributed by atoms with Gasteiger partial charge in [-0.2, -0.15) is 0 Å². The molecule has 0 aromatic carbocycles. The Balaban J connectivity index is 5.20. The first kappa shape index (κ1) is 99.1. The smallest absolute Gasteiger partial charge is 0.462 e. The number of esters is 4. The fourth-order valence-electron chi connectivity index (χ4n) is 12.6. The van der Waals surface area contributed by atoms with Crippen LogP contribution < -0.4 is 0 Å². The lowest BCUT2D eigenvalue weighted by atomic mass is 9.99. The van der Waals surface area contributed by atoms with Crippen molar-refractivity contribution in [3.8, 4) is 0 Å². The lowest BCUT2D eigenvalue weighted by molar-refractivity contribution is -0.161. The van der Waals surface area contributed by atoms with E-state index in [0.717, 1.165) is 108 Å². The molecule has 6 atom stereocenters. The first-order chi connectivity index (χ1) is 48.8. The first-order valence-corrected chi connectivity index (χ1v) is 45.4. The van der Waals surface area contributed by atoms with Gasteiger partial charge >= 0.3 is 39.5 Å². The maximum Gasteiger partial charge on any atom is 0.472 e. The highest BCUT2D eigenvalue weighted by molar-refractivity contribution is 7.47. The summed E-state index contributed by atoms with van der Waals surface area (Å²) in [5.41, 5.74) is 0. The Morgan fingerprint density at radius 2 is 0.505 bits per heavy atom. The van der Waals surface area contributed by atoms with Gasteiger partial charge in [-0.15, -0.1) is 0 Å². The molecule has 0 aliphatic rings. The van der Waals surface area contributed by atoms with Gasteiger partial charge in [0.05, 0.1) is 26.4 Å². The average Bonchev–Trinajstić information content (AvgIpc) is 1.28. The van der Waals surface area contributed by atoms with Gasteiger partial charge < -0.3 is 33.8 Å². The molecule has 0 saturated carbocycles. The van der Waals surface area contributed by atoms with Gasteiger partial charge in [0.25, 0.3) is 0 Å². The second-order valence-electron chi connectivity index (χ2n) is 30.7. The monoisotopic (exact) mass is 1480 g/mol. The van der Waals surface area contributed by atoms with Crippen molar-refractivity contribution in [3.63, 3.8) is 0 Å². The molecular formula is C82H160O17P2. The van der Waals surface area contributed by atoms with Crippen LogP contribution in [0.4, 0.5) is 0 Å². The Bertz CT molecular complexity index is 1960. The number of phosphoric acid groups is 2. The predicted molar refractivity (Wildman–Crippen MR) is 414 cm³/mol. The van der Waals surface area contributed by atoms with E-state index >= 15 is 0 Å². The van der Waals surface area contributed by atoms with Crippen molar-refractivity contribution in [3.05, 3.63) is 0 Å². The Labute approximate surface area is 619 Å². The van der Waals surface area contributed by atoms with Crippen molar-refractivity contribution in [1.29, 1.82) is 0 Å². The van der Waals surface area contributed by atoms with E-state index in [1.54, 1.807) is 0 Å². The van der Waals surface area contributed by atoms with Crippen LogP contribution in [-0.2, 0) is 65.4 Å². The fraction of sp³-hybridized carbons (Fsp3) is 0.951. The summed E-state index contributed by atoms with van der Waals surface area (Å²) in [6, 6.07) is 0. The number of aliphatic hydroxyl groups excluding tert-OH is 1. The Morgan fingerprint density at radius 3 is 0.752 bits per heavy atom. The summed E-state index contributed by atoms with van der Waals surface area (Å²) in [7, 11) is -9.92. The van der Waals surface area contributed by atoms with E-state index in [1.165, 1.54) is 231 Å². The van der Waals surface area contributed by atoms with Gasteiger partial charge in [0.15, 0.2) is 12.2 Å². The predicted octanol–water partition coefficient (Wildman–Crippen LogP) is 24.5. The van der Waals surface area contributed by atoms with Gasteiger partial charge in [0, 0.05) is 25.7 Å². The molecule has 0 saturated heterocycles. The van der Waals surface area contributed by atoms with Crippen molar-refractivity contribution in [1.82, 2.24) is 0 Å². The lowest BCUT2D eigenvalue weighted by Gasteiger charge is -2.21. The molecule has 0 spiro atoms. The molecule has 0 aliphatic heterocycles. The highest BCUT2D eigenvalue weighted by Gasteiger charge is 2.30. The minimum absolute atomic E-state index is 0.104. The number of carbonyl (C=O) groups is 4. The molecule has 0 aromatic rings. The molecule has 0 aliphatic carbocycles. The fourth-order valence-corrected chi connectivity index (χ4v) is 14.2. The third-order valence-electron chi connectivity index (χ3n) is 19.5. The molecule has 17 nitrogen and oxygen atoms in total. The van der Waals surface area contributed by atoms with Crippen LogP contribution in [0.2, 0.25) is 0 Å². The first-order valence-electron chi connectivity index (χ1n) is 42.4. The lowest BCUT2D eigenvalue weighted by Crippen LogP contribution is -2.30. The second kappa shape index (κ2) is 72.3.